The first-order valence-electron chi connectivity index (χ1n) is 13.4. The topological polar surface area (TPSA) is 268 Å². The minimum Gasteiger partial charge on any atom is -0.510 e. The zero-order valence-electron chi connectivity index (χ0n) is 24.7. The smallest absolute Gasteiger partial charge is 0.394 e. The second kappa shape index (κ2) is 13.1. The lowest BCUT2D eigenvalue weighted by atomic mass is 9.58. The summed E-state index contributed by atoms with van der Waals surface area (Å²) in [5.41, 5.74) is 2.39. The number of primary amides is 1. The fourth-order valence-corrected chi connectivity index (χ4v) is 6.51. The number of anilines is 2. The van der Waals surface area contributed by atoms with Gasteiger partial charge in [0, 0.05) is 43.0 Å². The van der Waals surface area contributed by atoms with E-state index < -0.39 is 74.2 Å². The Balaban J connectivity index is 0.00000102. The third kappa shape index (κ3) is 6.70. The second-order valence-electron chi connectivity index (χ2n) is 11.3. The number of hydrogen-bond acceptors (Lipinski definition) is 12. The third-order valence-corrected chi connectivity index (χ3v) is 8.55. The fraction of sp³-hybridized carbons (Fsp3) is 0.481. The predicted molar refractivity (Wildman–Crippen MR) is 164 cm³/mol. The van der Waals surface area contributed by atoms with Gasteiger partial charge in [0.25, 0.3) is 5.91 Å². The second-order valence-corrected chi connectivity index (χ2v) is 13.0. The van der Waals surface area contributed by atoms with Crippen molar-refractivity contribution >= 4 is 61.1 Å². The number of amides is 2. The Morgan fingerprint density at radius 3 is 2.20 bits per heavy atom. The van der Waals surface area contributed by atoms with Crippen molar-refractivity contribution in [1.82, 2.24) is 4.90 Å². The van der Waals surface area contributed by atoms with E-state index in [1.165, 1.54) is 4.90 Å². The Morgan fingerprint density at radius 2 is 1.71 bits per heavy atom. The molecule has 16 nitrogen and oxygen atoms in total. The quantitative estimate of drug-likeness (QED) is 0.0833. The molecule has 3 aliphatic carbocycles. The lowest BCUT2D eigenvalue weighted by Gasteiger charge is -2.50. The monoisotopic (exact) mass is 718 g/mol. The van der Waals surface area contributed by atoms with E-state index in [1.807, 2.05) is 0 Å². The summed E-state index contributed by atoms with van der Waals surface area (Å²) < 4.78 is 31.6. The molecule has 9 N–H and O–H groups in total. The normalized spacial score (nSPS) is 24.3. The number of aliphatic hydroxyl groups is 3. The van der Waals surface area contributed by atoms with Crippen molar-refractivity contribution in [3.05, 3.63) is 39.9 Å². The van der Waals surface area contributed by atoms with Crippen molar-refractivity contribution < 1.29 is 57.1 Å². The molecule has 4 atom stereocenters. The number of nitrogens with zero attached hydrogens (tertiary/aromatic N) is 2. The molecule has 1 aromatic carbocycles. The van der Waals surface area contributed by atoms with Crippen LogP contribution in [0.5, 0.6) is 5.75 Å². The Hall–Kier alpha value is -3.55. The van der Waals surface area contributed by atoms with Gasteiger partial charge in [-0.2, -0.15) is 8.42 Å². The van der Waals surface area contributed by atoms with Crippen LogP contribution in [0.1, 0.15) is 35.2 Å². The van der Waals surface area contributed by atoms with E-state index in [-0.39, 0.29) is 42.0 Å². The number of nitrogens with one attached hydrogen (secondary N) is 1. The van der Waals surface area contributed by atoms with Crippen molar-refractivity contribution in [2.45, 2.75) is 37.3 Å². The molecule has 0 radical (unpaired) electrons. The fourth-order valence-electron chi connectivity index (χ4n) is 6.23. The molecule has 1 aromatic rings. The van der Waals surface area contributed by atoms with E-state index in [2.05, 4.69) is 21.2 Å². The number of phenolic OH excluding ortho intramolecular Hbond substituents is 1. The number of alkyl halides is 1. The standard InChI is InChI=1S/C27H33BrN4O8.H2O4S/c1-31(2)15-10-14(30-16(33)6-5-7-28)21(34)18-12(15)8-11-9-13-20(32(3)4)23(36)19(26(29)39)25(38)27(13,40)24(37)17(11)22(18)35;1-5(2,3)4/h10-11,13,20,34,36-37,40H,5-9H2,1-4H3,(H2,29,39)(H,30,33);(H2,1,2,3,4)/t11?,13?,20-,27-;/m0./s1. The molecule has 0 saturated carbocycles. The van der Waals surface area contributed by atoms with E-state index in [1.54, 1.807) is 39.2 Å². The van der Waals surface area contributed by atoms with Crippen LogP contribution in [0.3, 0.4) is 0 Å². The van der Waals surface area contributed by atoms with Crippen LogP contribution in [0.4, 0.5) is 11.4 Å². The minimum absolute atomic E-state index is 0.00611. The highest BCUT2D eigenvalue weighted by Crippen LogP contribution is 2.53. The van der Waals surface area contributed by atoms with Gasteiger partial charge in [0.1, 0.15) is 17.1 Å². The zero-order valence-corrected chi connectivity index (χ0v) is 27.1. The minimum atomic E-state index is -4.67. The number of allylic oxidation sites excluding steroid dienone is 1. The highest BCUT2D eigenvalue weighted by molar-refractivity contribution is 9.09. The Bertz CT molecular complexity index is 1610. The average Bonchev–Trinajstić information content (AvgIpc) is 2.89. The summed E-state index contributed by atoms with van der Waals surface area (Å²) in [6, 6.07) is 0.506. The van der Waals surface area contributed by atoms with Crippen molar-refractivity contribution in [2.75, 3.05) is 43.7 Å². The van der Waals surface area contributed by atoms with Gasteiger partial charge in [-0.15, -0.1) is 0 Å². The van der Waals surface area contributed by atoms with Gasteiger partial charge in [-0.3, -0.25) is 33.2 Å². The van der Waals surface area contributed by atoms with Crippen LogP contribution in [0.2, 0.25) is 0 Å². The summed E-state index contributed by atoms with van der Waals surface area (Å²) >= 11 is 3.26. The van der Waals surface area contributed by atoms with Gasteiger partial charge >= 0.3 is 10.4 Å². The molecule has 18 heteroatoms. The summed E-state index contributed by atoms with van der Waals surface area (Å²) in [7, 11) is 1.96. The molecule has 45 heavy (non-hydrogen) atoms. The molecule has 0 heterocycles. The van der Waals surface area contributed by atoms with Crippen LogP contribution in [-0.2, 0) is 31.2 Å². The van der Waals surface area contributed by atoms with Crippen molar-refractivity contribution in [3.63, 3.8) is 0 Å². The molecule has 0 aromatic heterocycles. The maximum absolute atomic E-state index is 14.0. The zero-order chi connectivity index (χ0) is 34.3. The average molecular weight is 720 g/mol. The number of benzene rings is 1. The molecule has 3 aliphatic rings. The van der Waals surface area contributed by atoms with Crippen LogP contribution < -0.4 is 16.0 Å². The van der Waals surface area contributed by atoms with Crippen LogP contribution in [0.15, 0.2) is 28.7 Å². The number of hydrogen-bond donors (Lipinski definition) is 8. The number of Topliss-reactive ketones (excluding diaryl/α,β-unsaturated/α-hetero) is 2. The first kappa shape index (κ1) is 35.9. The van der Waals surface area contributed by atoms with Gasteiger partial charge in [0.15, 0.2) is 17.1 Å². The van der Waals surface area contributed by atoms with E-state index in [0.717, 1.165) is 0 Å². The summed E-state index contributed by atoms with van der Waals surface area (Å²) in [6.45, 7) is 0. The first-order valence-corrected chi connectivity index (χ1v) is 16.0. The van der Waals surface area contributed by atoms with Gasteiger partial charge in [-0.25, -0.2) is 0 Å². The van der Waals surface area contributed by atoms with Gasteiger partial charge in [0.2, 0.25) is 11.7 Å². The van der Waals surface area contributed by atoms with Crippen LogP contribution in [0, 0.1) is 11.8 Å². The molecule has 4 rings (SSSR count). The molecule has 0 fully saturated rings. The molecular formula is C27H35BrN4O12S. The number of nitrogens with two attached hydrogens (primary N) is 1. The molecule has 0 bridgehead atoms. The molecule has 2 amide bonds. The molecular weight excluding hydrogens is 684 g/mol. The predicted octanol–water partition coefficient (Wildman–Crippen LogP) is 0.647. The van der Waals surface area contributed by atoms with Crippen LogP contribution in [0.25, 0.3) is 0 Å². The first-order chi connectivity index (χ1) is 20.7. The van der Waals surface area contributed by atoms with E-state index in [9.17, 15) is 39.6 Å². The Labute approximate surface area is 266 Å². The molecule has 248 valence electrons. The maximum Gasteiger partial charge on any atom is 0.394 e. The number of halogens is 1. The molecule has 0 spiro atoms. The Kier molecular flexibility index (Phi) is 10.4. The highest BCUT2D eigenvalue weighted by Gasteiger charge is 2.63. The number of phenols is 1. The van der Waals surface area contributed by atoms with E-state index in [4.69, 9.17) is 23.3 Å². The number of likely N-dealkylation sites (N-methyl/N-ethyl adjacent to an activating group) is 1. The largest absolute Gasteiger partial charge is 0.510 e. The number of ketones is 2. The van der Waals surface area contributed by atoms with Gasteiger partial charge in [0.05, 0.1) is 17.3 Å². The number of aromatic hydroxyl groups is 1. The van der Waals surface area contributed by atoms with Crippen LogP contribution in [-0.4, -0.2) is 111 Å². The number of carbonyl (C=O) groups is 4. The SMILES string of the molecule is CN(C)c1cc(NC(=O)CCCBr)c(O)c2c1CC1CC3[C@H](N(C)C)C(O)=C(C(N)=O)C(=O)[C@@]3(O)C(O)=C1C2=O.O=S(=O)(O)O. The highest BCUT2D eigenvalue weighted by atomic mass is 79.9. The van der Waals surface area contributed by atoms with Gasteiger partial charge < -0.3 is 36.4 Å². The number of fused-ring (bicyclic) bond motifs is 3. The summed E-state index contributed by atoms with van der Waals surface area (Å²) in [6.07, 6.45) is 0.865. The van der Waals surface area contributed by atoms with E-state index in [0.29, 0.717) is 23.0 Å². The molecule has 0 saturated heterocycles. The summed E-state index contributed by atoms with van der Waals surface area (Å²) in [5, 5.41) is 48.4. The number of aliphatic hydroxyl groups excluding tert-OH is 2. The van der Waals surface area contributed by atoms with Crippen molar-refractivity contribution in [2.24, 2.45) is 17.6 Å². The van der Waals surface area contributed by atoms with Crippen molar-refractivity contribution in [3.8, 4) is 5.75 Å². The lowest BCUT2D eigenvalue weighted by Crippen LogP contribution is -2.63. The molecule has 0 aliphatic heterocycles. The molecule has 2 unspecified atom stereocenters. The number of carbonyl (C=O) groups excluding carboxylic acids is 4. The number of rotatable bonds is 7. The van der Waals surface area contributed by atoms with Crippen molar-refractivity contribution in [1.29, 1.82) is 0 Å². The Morgan fingerprint density at radius 1 is 1.13 bits per heavy atom. The summed E-state index contributed by atoms with van der Waals surface area (Å²) in [4.78, 5) is 55.2. The maximum atomic E-state index is 14.0. The third-order valence-electron chi connectivity index (χ3n) is 7.99. The van der Waals surface area contributed by atoms with E-state index >= 15 is 0 Å². The van der Waals surface area contributed by atoms with Gasteiger partial charge in [-0.1, -0.05) is 15.9 Å². The lowest BCUT2D eigenvalue weighted by molar-refractivity contribution is -0.148. The summed E-state index contributed by atoms with van der Waals surface area (Å²) in [5.74, 6) is -7.63. The van der Waals surface area contributed by atoms with Crippen LogP contribution >= 0.6 is 15.9 Å². The van der Waals surface area contributed by atoms with Gasteiger partial charge in [-0.05, 0) is 50.9 Å².